The van der Waals surface area contributed by atoms with Crippen LogP contribution in [0.4, 0.5) is 4.79 Å². The second kappa shape index (κ2) is 10.1. The number of carbonyl (C=O) groups is 2. The third-order valence-electron chi connectivity index (χ3n) is 5.81. The molecule has 4 atom stereocenters. The Bertz CT molecular complexity index is 430. The van der Waals surface area contributed by atoms with Gasteiger partial charge in [0.1, 0.15) is 6.29 Å². The van der Waals surface area contributed by atoms with Gasteiger partial charge in [0.2, 0.25) is 0 Å². The second-order valence-corrected chi connectivity index (χ2v) is 7.96. The molecule has 2 aliphatic rings. The molecule has 1 saturated carbocycles. The van der Waals surface area contributed by atoms with E-state index in [9.17, 15) is 9.59 Å². The lowest BCUT2D eigenvalue weighted by Gasteiger charge is -2.43. The van der Waals surface area contributed by atoms with Crippen molar-refractivity contribution in [3.8, 4) is 0 Å². The van der Waals surface area contributed by atoms with Crippen LogP contribution in [0.25, 0.3) is 0 Å². The predicted molar refractivity (Wildman–Crippen MR) is 101 cm³/mol. The van der Waals surface area contributed by atoms with E-state index in [1.807, 2.05) is 25.9 Å². The summed E-state index contributed by atoms with van der Waals surface area (Å²) in [7, 11) is 4.06. The number of likely N-dealkylation sites (N-methyl/N-ethyl adjacent to an activating group) is 2. The Morgan fingerprint density at radius 1 is 1.24 bits per heavy atom. The smallest absolute Gasteiger partial charge is 0.317 e. The molecule has 1 saturated heterocycles. The van der Waals surface area contributed by atoms with Gasteiger partial charge in [-0.3, -0.25) is 0 Å². The molecule has 6 heteroatoms. The van der Waals surface area contributed by atoms with Gasteiger partial charge in [-0.05, 0) is 65.0 Å². The molecule has 25 heavy (non-hydrogen) atoms. The van der Waals surface area contributed by atoms with E-state index in [1.54, 1.807) is 0 Å². The van der Waals surface area contributed by atoms with Crippen molar-refractivity contribution < 1.29 is 9.59 Å². The Hall–Kier alpha value is -1.14. The summed E-state index contributed by atoms with van der Waals surface area (Å²) < 4.78 is 0. The van der Waals surface area contributed by atoms with Crippen molar-refractivity contribution in [1.29, 1.82) is 0 Å². The third-order valence-corrected chi connectivity index (χ3v) is 5.81. The maximum atomic E-state index is 12.6. The van der Waals surface area contributed by atoms with Crippen molar-refractivity contribution in [3.63, 3.8) is 0 Å². The fourth-order valence-corrected chi connectivity index (χ4v) is 4.30. The summed E-state index contributed by atoms with van der Waals surface area (Å²) in [5.41, 5.74) is 0. The molecule has 6 nitrogen and oxygen atoms in total. The standard InChI is InChI=1S/C19H36N4O2/c1-4-23(10-9-22(2)3)19(25)21-17-13-16-12-15(6-5-11-24)7-8-18(16)20-14-17/h11,15-18,20H,4-10,12-14H2,1-3H3,(H,21,25)/t15-,16-,17+,18+/m1/s1. The number of fused-ring (bicyclic) bond motifs is 1. The fourth-order valence-electron chi connectivity index (χ4n) is 4.30. The van der Waals surface area contributed by atoms with Crippen molar-refractivity contribution in [2.24, 2.45) is 11.8 Å². The predicted octanol–water partition coefficient (Wildman–Crippen LogP) is 1.71. The lowest BCUT2D eigenvalue weighted by Crippen LogP contribution is -2.57. The lowest BCUT2D eigenvalue weighted by atomic mass is 9.72. The van der Waals surface area contributed by atoms with Gasteiger partial charge in [-0.15, -0.1) is 0 Å². The molecule has 2 N–H and O–H groups in total. The van der Waals surface area contributed by atoms with Crippen LogP contribution in [0.2, 0.25) is 0 Å². The van der Waals surface area contributed by atoms with E-state index in [0.29, 0.717) is 24.3 Å². The van der Waals surface area contributed by atoms with Crippen molar-refractivity contribution in [2.45, 2.75) is 57.5 Å². The number of amides is 2. The summed E-state index contributed by atoms with van der Waals surface area (Å²) in [6, 6.07) is 0.867. The lowest BCUT2D eigenvalue weighted by molar-refractivity contribution is -0.108. The Morgan fingerprint density at radius 2 is 2.04 bits per heavy atom. The highest BCUT2D eigenvalue weighted by Crippen LogP contribution is 2.36. The number of piperidine rings is 1. The molecule has 1 aliphatic heterocycles. The van der Waals surface area contributed by atoms with Crippen LogP contribution < -0.4 is 10.6 Å². The van der Waals surface area contributed by atoms with E-state index in [-0.39, 0.29) is 12.1 Å². The van der Waals surface area contributed by atoms with Crippen molar-refractivity contribution in [3.05, 3.63) is 0 Å². The second-order valence-electron chi connectivity index (χ2n) is 7.96. The first-order valence-corrected chi connectivity index (χ1v) is 9.90. The minimum Gasteiger partial charge on any atom is -0.334 e. The molecule has 0 spiro atoms. The number of rotatable bonds is 8. The molecule has 0 unspecified atom stereocenters. The van der Waals surface area contributed by atoms with E-state index in [0.717, 1.165) is 45.3 Å². The first kappa shape index (κ1) is 20.2. The number of aldehydes is 1. The highest BCUT2D eigenvalue weighted by atomic mass is 16.2. The molecule has 0 aromatic rings. The molecule has 0 aromatic carbocycles. The van der Waals surface area contributed by atoms with Gasteiger partial charge in [0, 0.05) is 44.7 Å². The Labute approximate surface area is 152 Å². The van der Waals surface area contributed by atoms with Gasteiger partial charge in [0.15, 0.2) is 0 Å². The minimum absolute atomic E-state index is 0.0583. The molecule has 0 bridgehead atoms. The van der Waals surface area contributed by atoms with Crippen LogP contribution in [0.1, 0.15) is 45.4 Å². The monoisotopic (exact) mass is 352 g/mol. The van der Waals surface area contributed by atoms with Crippen LogP contribution in [0.5, 0.6) is 0 Å². The highest BCUT2D eigenvalue weighted by Gasteiger charge is 2.35. The number of hydrogen-bond donors (Lipinski definition) is 2. The largest absolute Gasteiger partial charge is 0.334 e. The molecule has 1 heterocycles. The van der Waals surface area contributed by atoms with Crippen molar-refractivity contribution in [1.82, 2.24) is 20.4 Å². The van der Waals surface area contributed by atoms with Gasteiger partial charge < -0.3 is 25.2 Å². The zero-order valence-electron chi connectivity index (χ0n) is 16.2. The van der Waals surface area contributed by atoms with E-state index in [2.05, 4.69) is 15.5 Å². The zero-order chi connectivity index (χ0) is 18.2. The number of nitrogens with zero attached hydrogens (tertiary/aromatic N) is 2. The molecule has 2 fully saturated rings. The topological polar surface area (TPSA) is 64.7 Å². The van der Waals surface area contributed by atoms with E-state index in [1.165, 1.54) is 19.3 Å². The third kappa shape index (κ3) is 6.26. The van der Waals surface area contributed by atoms with Crippen LogP contribution in [0.15, 0.2) is 0 Å². The molecule has 144 valence electrons. The number of nitrogens with one attached hydrogen (secondary N) is 2. The Kier molecular flexibility index (Phi) is 8.16. The maximum absolute atomic E-state index is 12.6. The first-order chi connectivity index (χ1) is 12.0. The van der Waals surface area contributed by atoms with E-state index < -0.39 is 0 Å². The van der Waals surface area contributed by atoms with Gasteiger partial charge in [-0.25, -0.2) is 4.79 Å². The van der Waals surface area contributed by atoms with Gasteiger partial charge in [0.05, 0.1) is 0 Å². The molecular formula is C19H36N4O2. The molecule has 0 aromatic heterocycles. The average molecular weight is 353 g/mol. The molecule has 2 rings (SSSR count). The molecule has 1 aliphatic carbocycles. The summed E-state index contributed by atoms with van der Waals surface area (Å²) >= 11 is 0. The van der Waals surface area contributed by atoms with Gasteiger partial charge in [-0.2, -0.15) is 0 Å². The maximum Gasteiger partial charge on any atom is 0.317 e. The van der Waals surface area contributed by atoms with Crippen LogP contribution in [-0.2, 0) is 4.79 Å². The van der Waals surface area contributed by atoms with Crippen LogP contribution in [0, 0.1) is 11.8 Å². The number of hydrogen-bond acceptors (Lipinski definition) is 4. The van der Waals surface area contributed by atoms with Gasteiger partial charge >= 0.3 is 6.03 Å². The summed E-state index contributed by atoms with van der Waals surface area (Å²) in [6.45, 7) is 5.28. The minimum atomic E-state index is 0.0583. The summed E-state index contributed by atoms with van der Waals surface area (Å²) in [6.07, 6.45) is 7.44. The van der Waals surface area contributed by atoms with Crippen LogP contribution in [0.3, 0.4) is 0 Å². The zero-order valence-corrected chi connectivity index (χ0v) is 16.2. The number of carbonyl (C=O) groups excluding carboxylic acids is 2. The normalized spacial score (nSPS) is 29.1. The molecule has 2 amide bonds. The fraction of sp³-hybridized carbons (Fsp3) is 0.895. The van der Waals surface area contributed by atoms with Gasteiger partial charge in [0.25, 0.3) is 0 Å². The first-order valence-electron chi connectivity index (χ1n) is 9.90. The summed E-state index contributed by atoms with van der Waals surface area (Å²) in [5, 5.41) is 6.88. The quantitative estimate of drug-likeness (QED) is 0.653. The number of urea groups is 1. The summed E-state index contributed by atoms with van der Waals surface area (Å²) in [4.78, 5) is 27.2. The van der Waals surface area contributed by atoms with Crippen molar-refractivity contribution in [2.75, 3.05) is 40.3 Å². The summed E-state index contributed by atoms with van der Waals surface area (Å²) in [5.74, 6) is 1.30. The Balaban J connectivity index is 1.81. The highest BCUT2D eigenvalue weighted by molar-refractivity contribution is 5.74. The SMILES string of the molecule is CCN(CCN(C)C)C(=O)N[C@@H]1CN[C@H]2CC[C@@H](CCC=O)C[C@@H]2C1. The van der Waals surface area contributed by atoms with Gasteiger partial charge in [-0.1, -0.05) is 0 Å². The van der Waals surface area contributed by atoms with E-state index in [4.69, 9.17) is 0 Å². The Morgan fingerprint density at radius 3 is 2.72 bits per heavy atom. The molecular weight excluding hydrogens is 316 g/mol. The van der Waals surface area contributed by atoms with Crippen LogP contribution >= 0.6 is 0 Å². The average Bonchev–Trinajstić information content (AvgIpc) is 2.59. The van der Waals surface area contributed by atoms with Crippen LogP contribution in [-0.4, -0.2) is 74.5 Å². The van der Waals surface area contributed by atoms with Crippen molar-refractivity contribution >= 4 is 12.3 Å². The molecule has 0 radical (unpaired) electrons. The van der Waals surface area contributed by atoms with E-state index >= 15 is 0 Å².